The first-order chi connectivity index (χ1) is 8.57. The van der Waals surface area contributed by atoms with Crippen molar-refractivity contribution in [1.82, 2.24) is 8.61 Å². The molecule has 0 bridgehead atoms. The second kappa shape index (κ2) is 5.83. The van der Waals surface area contributed by atoms with Crippen LogP contribution in [0.4, 0.5) is 0 Å². The van der Waals surface area contributed by atoms with Crippen LogP contribution in [0, 0.1) is 0 Å². The third-order valence-electron chi connectivity index (χ3n) is 3.75. The molecule has 0 aromatic rings. The van der Waals surface area contributed by atoms with E-state index >= 15 is 0 Å². The minimum Gasteiger partial charge on any atom is -0.396 e. The summed E-state index contributed by atoms with van der Waals surface area (Å²) in [4.78, 5) is 0. The first-order valence-electron chi connectivity index (χ1n) is 6.53. The molecule has 0 spiro atoms. The average molecular weight is 278 g/mol. The van der Waals surface area contributed by atoms with Crippen LogP contribution in [-0.4, -0.2) is 67.6 Å². The first kappa shape index (κ1) is 14.2. The van der Waals surface area contributed by atoms with Gasteiger partial charge in [-0.25, -0.2) is 0 Å². The lowest BCUT2D eigenvalue weighted by atomic mass is 10.2. The zero-order valence-corrected chi connectivity index (χ0v) is 11.6. The highest BCUT2D eigenvalue weighted by Crippen LogP contribution is 2.31. The summed E-state index contributed by atoms with van der Waals surface area (Å²) in [6.07, 6.45) is 3.41. The Morgan fingerprint density at radius 2 is 2.22 bits per heavy atom. The summed E-state index contributed by atoms with van der Waals surface area (Å²) in [6, 6.07) is 0.000302. The van der Waals surface area contributed by atoms with Crippen LogP contribution in [0.15, 0.2) is 0 Å². The maximum Gasteiger partial charge on any atom is 0.282 e. The monoisotopic (exact) mass is 278 g/mol. The molecule has 1 saturated heterocycles. The SMILES string of the molecule is CN(CCCO)S(=O)(=O)N1CCOC2CCCC21. The van der Waals surface area contributed by atoms with Crippen LogP contribution >= 0.6 is 0 Å². The molecule has 2 unspecified atom stereocenters. The van der Waals surface area contributed by atoms with Gasteiger partial charge in [0, 0.05) is 26.7 Å². The number of aliphatic hydroxyl groups is 1. The van der Waals surface area contributed by atoms with Gasteiger partial charge in [0.15, 0.2) is 0 Å². The van der Waals surface area contributed by atoms with Gasteiger partial charge in [0.25, 0.3) is 10.2 Å². The molecule has 0 aromatic carbocycles. The molecule has 6 nitrogen and oxygen atoms in total. The number of nitrogens with zero attached hydrogens (tertiary/aromatic N) is 2. The Kier molecular flexibility index (Phi) is 4.60. The van der Waals surface area contributed by atoms with Gasteiger partial charge in [-0.05, 0) is 25.7 Å². The van der Waals surface area contributed by atoms with E-state index in [0.717, 1.165) is 19.3 Å². The fraction of sp³-hybridized carbons (Fsp3) is 1.00. The van der Waals surface area contributed by atoms with Crippen molar-refractivity contribution >= 4 is 10.2 Å². The Bertz CT molecular complexity index is 373. The highest BCUT2D eigenvalue weighted by molar-refractivity contribution is 7.86. The number of ether oxygens (including phenoxy) is 1. The van der Waals surface area contributed by atoms with Gasteiger partial charge in [-0.3, -0.25) is 0 Å². The fourth-order valence-corrected chi connectivity index (χ4v) is 4.37. The lowest BCUT2D eigenvalue weighted by Crippen LogP contribution is -2.55. The van der Waals surface area contributed by atoms with Gasteiger partial charge < -0.3 is 9.84 Å². The van der Waals surface area contributed by atoms with Gasteiger partial charge >= 0.3 is 0 Å². The zero-order valence-electron chi connectivity index (χ0n) is 10.8. The van der Waals surface area contributed by atoms with Crippen LogP contribution in [0.3, 0.4) is 0 Å². The summed E-state index contributed by atoms with van der Waals surface area (Å²) in [5, 5.41) is 8.79. The van der Waals surface area contributed by atoms with Gasteiger partial charge in [0.2, 0.25) is 0 Å². The molecule has 2 aliphatic rings. The molecular formula is C11H22N2O4S. The summed E-state index contributed by atoms with van der Waals surface area (Å²) >= 11 is 0. The molecule has 1 aliphatic carbocycles. The van der Waals surface area contributed by atoms with Crippen molar-refractivity contribution in [3.8, 4) is 0 Å². The highest BCUT2D eigenvalue weighted by Gasteiger charge is 2.42. The van der Waals surface area contributed by atoms with E-state index in [1.807, 2.05) is 0 Å². The van der Waals surface area contributed by atoms with Crippen LogP contribution in [-0.2, 0) is 14.9 Å². The van der Waals surface area contributed by atoms with Crippen LogP contribution in [0.5, 0.6) is 0 Å². The van der Waals surface area contributed by atoms with Gasteiger partial charge in [0.1, 0.15) is 0 Å². The van der Waals surface area contributed by atoms with E-state index in [0.29, 0.717) is 26.1 Å². The average Bonchev–Trinajstić information content (AvgIpc) is 2.83. The maximum absolute atomic E-state index is 12.4. The molecular weight excluding hydrogens is 256 g/mol. The van der Waals surface area contributed by atoms with Crippen LogP contribution < -0.4 is 0 Å². The molecule has 2 fully saturated rings. The predicted molar refractivity (Wildman–Crippen MR) is 67.3 cm³/mol. The van der Waals surface area contributed by atoms with E-state index in [1.54, 1.807) is 11.4 Å². The number of hydrogen-bond donors (Lipinski definition) is 1. The standard InChI is InChI=1S/C11H22N2O4S/c1-12(6-3-8-14)18(15,16)13-7-9-17-11-5-2-4-10(11)13/h10-11,14H,2-9H2,1H3. The van der Waals surface area contributed by atoms with E-state index < -0.39 is 10.2 Å². The molecule has 1 N–H and O–H groups in total. The molecule has 1 aliphatic heterocycles. The van der Waals surface area contributed by atoms with Crippen molar-refractivity contribution in [2.45, 2.75) is 37.8 Å². The van der Waals surface area contributed by atoms with Crippen molar-refractivity contribution in [3.63, 3.8) is 0 Å². The quantitative estimate of drug-likeness (QED) is 0.756. The Balaban J connectivity index is 2.08. The van der Waals surface area contributed by atoms with E-state index in [-0.39, 0.29) is 18.8 Å². The predicted octanol–water partition coefficient (Wildman–Crippen LogP) is -0.201. The highest BCUT2D eigenvalue weighted by atomic mass is 32.2. The molecule has 2 rings (SSSR count). The van der Waals surface area contributed by atoms with Crippen molar-refractivity contribution in [3.05, 3.63) is 0 Å². The maximum atomic E-state index is 12.4. The van der Waals surface area contributed by atoms with E-state index in [4.69, 9.17) is 9.84 Å². The molecule has 106 valence electrons. The first-order valence-corrected chi connectivity index (χ1v) is 7.92. The lowest BCUT2D eigenvalue weighted by Gasteiger charge is -2.38. The molecule has 0 radical (unpaired) electrons. The van der Waals surface area contributed by atoms with Crippen molar-refractivity contribution in [2.75, 3.05) is 33.4 Å². The number of fused-ring (bicyclic) bond motifs is 1. The molecule has 1 saturated carbocycles. The van der Waals surface area contributed by atoms with Crippen molar-refractivity contribution in [1.29, 1.82) is 0 Å². The van der Waals surface area contributed by atoms with Crippen molar-refractivity contribution < 1.29 is 18.3 Å². The Morgan fingerprint density at radius 3 is 2.94 bits per heavy atom. The Labute approximate surface area is 109 Å². The minimum absolute atomic E-state index is 0.000302. The second-order valence-electron chi connectivity index (χ2n) is 4.92. The third-order valence-corrected chi connectivity index (χ3v) is 5.77. The molecule has 0 aromatic heterocycles. The topological polar surface area (TPSA) is 70.1 Å². The minimum atomic E-state index is -3.41. The number of aliphatic hydroxyl groups excluding tert-OH is 1. The number of hydrogen-bond acceptors (Lipinski definition) is 4. The third kappa shape index (κ3) is 2.70. The number of morpholine rings is 1. The van der Waals surface area contributed by atoms with Gasteiger partial charge in [-0.2, -0.15) is 17.0 Å². The molecule has 7 heteroatoms. The smallest absolute Gasteiger partial charge is 0.282 e. The van der Waals surface area contributed by atoms with Crippen LogP contribution in [0.1, 0.15) is 25.7 Å². The van der Waals surface area contributed by atoms with Gasteiger partial charge in [-0.1, -0.05) is 0 Å². The van der Waals surface area contributed by atoms with E-state index in [1.165, 1.54) is 4.31 Å². The molecule has 2 atom stereocenters. The summed E-state index contributed by atoms with van der Waals surface area (Å²) < 4.78 is 33.4. The zero-order chi connectivity index (χ0) is 13.2. The van der Waals surface area contributed by atoms with Crippen LogP contribution in [0.25, 0.3) is 0 Å². The largest absolute Gasteiger partial charge is 0.396 e. The Hall–Kier alpha value is -0.210. The van der Waals surface area contributed by atoms with E-state index in [2.05, 4.69) is 0 Å². The lowest BCUT2D eigenvalue weighted by molar-refractivity contribution is -0.0258. The van der Waals surface area contributed by atoms with Crippen molar-refractivity contribution in [2.24, 2.45) is 0 Å². The van der Waals surface area contributed by atoms with Crippen LogP contribution in [0.2, 0.25) is 0 Å². The molecule has 1 heterocycles. The Morgan fingerprint density at radius 1 is 1.44 bits per heavy atom. The number of rotatable bonds is 5. The normalized spacial score (nSPS) is 29.7. The van der Waals surface area contributed by atoms with Gasteiger partial charge in [0.05, 0.1) is 18.8 Å². The summed E-state index contributed by atoms with van der Waals surface area (Å²) in [7, 11) is -1.84. The summed E-state index contributed by atoms with van der Waals surface area (Å²) in [5.74, 6) is 0. The van der Waals surface area contributed by atoms with Gasteiger partial charge in [-0.15, -0.1) is 0 Å². The molecule has 18 heavy (non-hydrogen) atoms. The fourth-order valence-electron chi connectivity index (χ4n) is 2.76. The van der Waals surface area contributed by atoms with E-state index in [9.17, 15) is 8.42 Å². The molecule has 0 amide bonds. The summed E-state index contributed by atoms with van der Waals surface area (Å²) in [6.45, 7) is 1.28. The second-order valence-corrected chi connectivity index (χ2v) is 6.91. The summed E-state index contributed by atoms with van der Waals surface area (Å²) in [5.41, 5.74) is 0.